The Morgan fingerprint density at radius 2 is 1.78 bits per heavy atom. The Morgan fingerprint density at radius 1 is 1.17 bits per heavy atom. The lowest BCUT2D eigenvalue weighted by atomic mass is 9.98. The summed E-state index contributed by atoms with van der Waals surface area (Å²) in [6.07, 6.45) is -3.61. The van der Waals surface area contributed by atoms with Gasteiger partial charge in [0.2, 0.25) is 0 Å². The number of guanidine groups is 1. The zero-order valence-electron chi connectivity index (χ0n) is 18.9. The number of carboxylic acid groups (broad SMARTS) is 1. The number of benzene rings is 2. The monoisotopic (exact) mass is 550 g/mol. The Labute approximate surface area is 212 Å². The number of aliphatic carboxylic acids is 1. The van der Waals surface area contributed by atoms with E-state index in [0.29, 0.717) is 36.3 Å². The van der Waals surface area contributed by atoms with Gasteiger partial charge in [-0.1, -0.05) is 18.2 Å². The van der Waals surface area contributed by atoms with Crippen LogP contribution in [0.4, 0.5) is 18.9 Å². The van der Waals surface area contributed by atoms with Gasteiger partial charge in [0.25, 0.3) is 10.0 Å². The Kier molecular flexibility index (Phi) is 9.44. The van der Waals surface area contributed by atoms with Crippen molar-refractivity contribution in [3.63, 3.8) is 0 Å². The van der Waals surface area contributed by atoms with Crippen LogP contribution in [-0.4, -0.2) is 56.6 Å². The molecule has 14 heteroatoms. The highest BCUT2D eigenvalue weighted by Crippen LogP contribution is 2.37. The summed E-state index contributed by atoms with van der Waals surface area (Å²) in [5.41, 5.74) is 3.82. The number of hydrogen-bond donors (Lipinski definition) is 3. The number of carbonyl (C=O) groups is 1. The molecule has 1 aliphatic heterocycles. The van der Waals surface area contributed by atoms with Crippen molar-refractivity contribution >= 4 is 40.0 Å². The lowest BCUT2D eigenvalue weighted by Crippen LogP contribution is -2.43. The number of anilines is 1. The second kappa shape index (κ2) is 11.7. The van der Waals surface area contributed by atoms with Crippen molar-refractivity contribution in [2.75, 3.05) is 30.5 Å². The first-order valence-corrected chi connectivity index (χ1v) is 12.1. The van der Waals surface area contributed by atoms with Crippen LogP contribution in [0.5, 0.6) is 5.75 Å². The molecule has 0 radical (unpaired) electrons. The molecule has 198 valence electrons. The van der Waals surface area contributed by atoms with E-state index < -0.39 is 40.0 Å². The minimum atomic E-state index is -4.83. The number of likely N-dealkylation sites (tertiary alicyclic amines) is 1. The highest BCUT2D eigenvalue weighted by Gasteiger charge is 2.34. The van der Waals surface area contributed by atoms with Gasteiger partial charge in [0.05, 0.1) is 22.8 Å². The van der Waals surface area contributed by atoms with Crippen molar-refractivity contribution in [3.8, 4) is 5.75 Å². The Balaban J connectivity index is 0.00000456. The largest absolute Gasteiger partial charge is 0.493 e. The predicted molar refractivity (Wildman–Crippen MR) is 129 cm³/mol. The number of nitrogens with two attached hydrogens (primary N) is 1. The molecule has 36 heavy (non-hydrogen) atoms. The van der Waals surface area contributed by atoms with Gasteiger partial charge in [-0.2, -0.15) is 13.2 Å². The molecule has 1 saturated heterocycles. The molecule has 0 bridgehead atoms. The van der Waals surface area contributed by atoms with Crippen LogP contribution in [0.1, 0.15) is 18.4 Å². The maximum atomic E-state index is 13.6. The molecule has 0 saturated carbocycles. The number of ether oxygens (including phenoxy) is 1. The summed E-state index contributed by atoms with van der Waals surface area (Å²) in [7, 11) is -4.49. The van der Waals surface area contributed by atoms with E-state index in [-0.39, 0.29) is 41.5 Å². The third-order valence-corrected chi connectivity index (χ3v) is 7.35. The first-order chi connectivity index (χ1) is 16.4. The molecule has 4 N–H and O–H groups in total. The van der Waals surface area contributed by atoms with Crippen molar-refractivity contribution in [2.45, 2.75) is 23.9 Å². The van der Waals surface area contributed by atoms with Gasteiger partial charge in [-0.25, -0.2) is 8.42 Å². The van der Waals surface area contributed by atoms with Crippen LogP contribution in [0.2, 0.25) is 0 Å². The van der Waals surface area contributed by atoms with Crippen LogP contribution < -0.4 is 14.8 Å². The third-order valence-electron chi connectivity index (χ3n) is 5.56. The summed E-state index contributed by atoms with van der Waals surface area (Å²) >= 11 is 0. The second-order valence-corrected chi connectivity index (χ2v) is 9.92. The minimum absolute atomic E-state index is 0. The molecule has 0 atom stereocenters. The smallest absolute Gasteiger partial charge is 0.416 e. The van der Waals surface area contributed by atoms with Gasteiger partial charge in [0.1, 0.15) is 12.3 Å². The number of nitrogens with one attached hydrogen (secondary N) is 1. The summed E-state index contributed by atoms with van der Waals surface area (Å²) in [5.74, 6) is -1.83. The number of alkyl halides is 3. The molecule has 1 fully saturated rings. The van der Waals surface area contributed by atoms with Gasteiger partial charge in [0.15, 0.2) is 5.96 Å². The van der Waals surface area contributed by atoms with Gasteiger partial charge in [-0.15, -0.1) is 12.4 Å². The second-order valence-electron chi connectivity index (χ2n) is 8.06. The van der Waals surface area contributed by atoms with Crippen molar-refractivity contribution in [1.29, 1.82) is 5.41 Å². The molecule has 3 rings (SSSR count). The van der Waals surface area contributed by atoms with Gasteiger partial charge in [-0.3, -0.25) is 14.5 Å². The number of piperidine rings is 1. The topological polar surface area (TPSA) is 137 Å². The highest BCUT2D eigenvalue weighted by molar-refractivity contribution is 7.92. The molecule has 2 aromatic carbocycles. The fourth-order valence-electron chi connectivity index (χ4n) is 3.69. The lowest BCUT2D eigenvalue weighted by molar-refractivity contribution is -0.137. The molecular weight excluding hydrogens is 525 g/mol. The molecule has 1 heterocycles. The lowest BCUT2D eigenvalue weighted by Gasteiger charge is -2.32. The quantitative estimate of drug-likeness (QED) is 0.338. The summed E-state index contributed by atoms with van der Waals surface area (Å²) < 4.78 is 73.2. The molecular formula is C22H26ClF3N4O5S. The van der Waals surface area contributed by atoms with Crippen LogP contribution in [-0.2, 0) is 21.0 Å². The average molecular weight is 551 g/mol. The van der Waals surface area contributed by atoms with Crippen LogP contribution in [0, 0.1) is 11.3 Å². The summed E-state index contributed by atoms with van der Waals surface area (Å²) in [5, 5.41) is 16.8. The van der Waals surface area contributed by atoms with E-state index in [9.17, 15) is 31.5 Å². The molecule has 0 unspecified atom stereocenters. The molecule has 1 aliphatic rings. The SMILES string of the molecule is Cl.N=C(N)N1CCC(COc2cc(N(CC(=O)O)S(=O)(=O)c3ccccc3)cc(C(F)(F)F)c2)CC1. The number of halogens is 4. The fraction of sp³-hybridized carbons (Fsp3) is 0.364. The van der Waals surface area contributed by atoms with Crippen LogP contribution in [0.25, 0.3) is 0 Å². The van der Waals surface area contributed by atoms with E-state index in [2.05, 4.69) is 0 Å². The number of sulfonamides is 1. The molecule has 0 amide bonds. The standard InChI is InChI=1S/C22H25F3N4O5S.ClH/c23-22(24,25)16-10-17(29(13-20(30)31)35(32,33)19-4-2-1-3-5-19)12-18(11-16)34-14-15-6-8-28(9-7-15)21(26)27;/h1-5,10-12,15H,6-9,13-14H2,(H3,26,27)(H,30,31);1H. The van der Waals surface area contributed by atoms with Crippen molar-refractivity contribution < 1.29 is 36.2 Å². The van der Waals surface area contributed by atoms with E-state index in [1.165, 1.54) is 24.3 Å². The van der Waals surface area contributed by atoms with Crippen LogP contribution in [0.15, 0.2) is 53.4 Å². The summed E-state index contributed by atoms with van der Waals surface area (Å²) in [6.45, 7) is 0.0101. The van der Waals surface area contributed by atoms with Crippen LogP contribution in [0.3, 0.4) is 0 Å². The van der Waals surface area contributed by atoms with Crippen molar-refractivity contribution in [1.82, 2.24) is 4.90 Å². The molecule has 9 nitrogen and oxygen atoms in total. The number of rotatable bonds is 8. The number of carboxylic acids is 1. The summed E-state index contributed by atoms with van der Waals surface area (Å²) in [4.78, 5) is 12.9. The van der Waals surface area contributed by atoms with Gasteiger partial charge >= 0.3 is 12.1 Å². The van der Waals surface area contributed by atoms with Gasteiger partial charge in [0, 0.05) is 19.2 Å². The number of hydrogen-bond acceptors (Lipinski definition) is 5. The van der Waals surface area contributed by atoms with E-state index >= 15 is 0 Å². The number of nitrogens with zero attached hydrogens (tertiary/aromatic N) is 2. The van der Waals surface area contributed by atoms with E-state index in [0.717, 1.165) is 12.1 Å². The first kappa shape index (κ1) is 29.0. The zero-order valence-corrected chi connectivity index (χ0v) is 20.6. The Morgan fingerprint density at radius 3 is 2.31 bits per heavy atom. The average Bonchev–Trinajstić information content (AvgIpc) is 2.81. The molecule has 0 spiro atoms. The molecule has 2 aromatic rings. The molecule has 0 aromatic heterocycles. The van der Waals surface area contributed by atoms with Gasteiger partial charge in [-0.05, 0) is 43.0 Å². The fourth-order valence-corrected chi connectivity index (χ4v) is 5.11. The molecule has 0 aliphatic carbocycles. The van der Waals surface area contributed by atoms with Crippen molar-refractivity contribution in [3.05, 3.63) is 54.1 Å². The van der Waals surface area contributed by atoms with E-state index in [1.54, 1.807) is 11.0 Å². The highest BCUT2D eigenvalue weighted by atomic mass is 35.5. The Bertz CT molecular complexity index is 1170. The maximum absolute atomic E-state index is 13.6. The zero-order chi connectivity index (χ0) is 25.8. The van der Waals surface area contributed by atoms with E-state index in [4.69, 9.17) is 15.9 Å². The third kappa shape index (κ3) is 7.17. The normalized spacial score (nSPS) is 14.6. The minimum Gasteiger partial charge on any atom is -0.493 e. The predicted octanol–water partition coefficient (Wildman–Crippen LogP) is 3.39. The van der Waals surface area contributed by atoms with Gasteiger partial charge < -0.3 is 20.5 Å². The van der Waals surface area contributed by atoms with Crippen LogP contribution >= 0.6 is 12.4 Å². The van der Waals surface area contributed by atoms with Crippen molar-refractivity contribution in [2.24, 2.45) is 11.7 Å². The Hall–Kier alpha value is -3.19. The van der Waals surface area contributed by atoms with E-state index in [1.807, 2.05) is 0 Å². The summed E-state index contributed by atoms with van der Waals surface area (Å²) in [6, 6.07) is 9.27. The first-order valence-electron chi connectivity index (χ1n) is 10.6. The maximum Gasteiger partial charge on any atom is 0.416 e.